The minimum absolute atomic E-state index is 0.0267. The first-order valence-electron chi connectivity index (χ1n) is 5.65. The minimum atomic E-state index is -0.0716. The van der Waals surface area contributed by atoms with Crippen molar-refractivity contribution >= 4 is 23.1 Å². The molecular formula is C13H18N2O2S. The molecule has 0 bridgehead atoms. The van der Waals surface area contributed by atoms with Gasteiger partial charge >= 0.3 is 0 Å². The number of rotatable bonds is 5. The number of nitrogens with zero attached hydrogens (tertiary/aromatic N) is 1. The Labute approximate surface area is 113 Å². The lowest BCUT2D eigenvalue weighted by Gasteiger charge is -2.24. The molecule has 0 aliphatic carbocycles. The number of thiocarbonyl (C=S) groups is 1. The van der Waals surface area contributed by atoms with Crippen LogP contribution < -0.4 is 10.5 Å². The Balaban J connectivity index is 2.82. The largest absolute Gasteiger partial charge is 0.497 e. The first kappa shape index (κ1) is 14.4. The molecule has 0 spiro atoms. The molecule has 0 aromatic heterocycles. The number of amides is 1. The molecule has 4 nitrogen and oxygen atoms in total. The molecule has 18 heavy (non-hydrogen) atoms. The smallest absolute Gasteiger partial charge is 0.253 e. The number of carbonyl (C=O) groups is 1. The lowest BCUT2D eigenvalue weighted by molar-refractivity contribution is 0.0747. The molecule has 1 aromatic rings. The maximum atomic E-state index is 12.2. The van der Waals surface area contributed by atoms with Crippen LogP contribution in [0.5, 0.6) is 5.75 Å². The van der Waals surface area contributed by atoms with Gasteiger partial charge in [0.25, 0.3) is 5.91 Å². The lowest BCUT2D eigenvalue weighted by Crippen LogP contribution is -2.37. The van der Waals surface area contributed by atoms with Gasteiger partial charge in [-0.05, 0) is 25.1 Å². The molecule has 0 fully saturated rings. The van der Waals surface area contributed by atoms with Gasteiger partial charge in [0.05, 0.1) is 12.1 Å². The summed E-state index contributed by atoms with van der Waals surface area (Å²) < 4.78 is 5.10. The SMILES string of the molecule is COc1cccc(C(=O)N(C)C(C)CC(N)=S)c1. The van der Waals surface area contributed by atoms with Crippen LogP contribution in [0.15, 0.2) is 24.3 Å². The Morgan fingerprint density at radius 3 is 2.78 bits per heavy atom. The number of carbonyl (C=O) groups excluding carboxylic acids is 1. The normalized spacial score (nSPS) is 11.7. The molecular weight excluding hydrogens is 248 g/mol. The quantitative estimate of drug-likeness (QED) is 0.826. The van der Waals surface area contributed by atoms with Crippen molar-refractivity contribution in [1.82, 2.24) is 4.90 Å². The molecule has 0 saturated carbocycles. The molecule has 1 atom stereocenters. The Morgan fingerprint density at radius 2 is 2.22 bits per heavy atom. The number of hydrogen-bond acceptors (Lipinski definition) is 3. The van der Waals surface area contributed by atoms with Gasteiger partial charge in [-0.15, -0.1) is 0 Å². The van der Waals surface area contributed by atoms with E-state index in [-0.39, 0.29) is 11.9 Å². The third-order valence-corrected chi connectivity index (χ3v) is 2.96. The highest BCUT2D eigenvalue weighted by Crippen LogP contribution is 2.15. The fourth-order valence-electron chi connectivity index (χ4n) is 1.59. The van der Waals surface area contributed by atoms with Crippen LogP contribution in [-0.4, -0.2) is 36.0 Å². The summed E-state index contributed by atoms with van der Waals surface area (Å²) in [7, 11) is 3.31. The zero-order valence-electron chi connectivity index (χ0n) is 10.8. The molecule has 5 heteroatoms. The average Bonchev–Trinajstić information content (AvgIpc) is 2.36. The average molecular weight is 266 g/mol. The summed E-state index contributed by atoms with van der Waals surface area (Å²) in [5.74, 6) is 0.592. The van der Waals surface area contributed by atoms with Crippen molar-refractivity contribution in [1.29, 1.82) is 0 Å². The van der Waals surface area contributed by atoms with E-state index in [4.69, 9.17) is 22.7 Å². The molecule has 1 rings (SSSR count). The second-order valence-electron chi connectivity index (χ2n) is 4.17. The van der Waals surface area contributed by atoms with Crippen molar-refractivity contribution in [2.75, 3.05) is 14.2 Å². The number of ether oxygens (including phenoxy) is 1. The summed E-state index contributed by atoms with van der Waals surface area (Å²) in [6.45, 7) is 1.91. The van der Waals surface area contributed by atoms with Gasteiger partial charge in [-0.3, -0.25) is 4.79 Å². The summed E-state index contributed by atoms with van der Waals surface area (Å²) in [4.78, 5) is 14.3. The first-order chi connectivity index (χ1) is 8.45. The highest BCUT2D eigenvalue weighted by atomic mass is 32.1. The van der Waals surface area contributed by atoms with Crippen LogP contribution >= 0.6 is 12.2 Å². The van der Waals surface area contributed by atoms with Crippen LogP contribution in [-0.2, 0) is 0 Å². The minimum Gasteiger partial charge on any atom is -0.497 e. The van der Waals surface area contributed by atoms with Gasteiger partial charge < -0.3 is 15.4 Å². The molecule has 98 valence electrons. The molecule has 2 N–H and O–H groups in total. The van der Waals surface area contributed by atoms with E-state index in [9.17, 15) is 4.79 Å². The number of hydrogen-bond donors (Lipinski definition) is 1. The monoisotopic (exact) mass is 266 g/mol. The van der Waals surface area contributed by atoms with Crippen LogP contribution in [0.1, 0.15) is 23.7 Å². The number of nitrogens with two attached hydrogens (primary N) is 1. The number of methoxy groups -OCH3 is 1. The second-order valence-corrected chi connectivity index (χ2v) is 4.69. The van der Waals surface area contributed by atoms with Crippen LogP contribution in [0.25, 0.3) is 0 Å². The molecule has 1 unspecified atom stereocenters. The third-order valence-electron chi connectivity index (χ3n) is 2.79. The molecule has 0 heterocycles. The first-order valence-corrected chi connectivity index (χ1v) is 6.06. The maximum Gasteiger partial charge on any atom is 0.253 e. The van der Waals surface area contributed by atoms with E-state index in [1.807, 2.05) is 6.92 Å². The van der Waals surface area contributed by atoms with Gasteiger partial charge in [-0.25, -0.2) is 0 Å². The van der Waals surface area contributed by atoms with Crippen molar-refractivity contribution in [3.63, 3.8) is 0 Å². The predicted molar refractivity (Wildman–Crippen MR) is 76.0 cm³/mol. The zero-order chi connectivity index (χ0) is 13.7. The van der Waals surface area contributed by atoms with Crippen molar-refractivity contribution in [2.24, 2.45) is 5.73 Å². The highest BCUT2D eigenvalue weighted by Gasteiger charge is 2.18. The second kappa shape index (κ2) is 6.35. The standard InChI is InChI=1S/C13H18N2O2S/c1-9(7-12(14)18)15(2)13(16)10-5-4-6-11(8-10)17-3/h4-6,8-9H,7H2,1-3H3,(H2,14,18). The summed E-state index contributed by atoms with van der Waals surface area (Å²) in [5.41, 5.74) is 6.08. The van der Waals surface area contributed by atoms with Crippen LogP contribution in [0, 0.1) is 0 Å². The summed E-state index contributed by atoms with van der Waals surface area (Å²) >= 11 is 4.85. The van der Waals surface area contributed by atoms with Gasteiger partial charge in [-0.2, -0.15) is 0 Å². The van der Waals surface area contributed by atoms with Crippen molar-refractivity contribution < 1.29 is 9.53 Å². The van der Waals surface area contributed by atoms with Crippen molar-refractivity contribution in [2.45, 2.75) is 19.4 Å². The summed E-state index contributed by atoms with van der Waals surface area (Å²) in [6.07, 6.45) is 0.515. The van der Waals surface area contributed by atoms with E-state index in [1.54, 1.807) is 43.3 Å². The van der Waals surface area contributed by atoms with Crippen molar-refractivity contribution in [3.05, 3.63) is 29.8 Å². The Hall–Kier alpha value is -1.62. The van der Waals surface area contributed by atoms with E-state index < -0.39 is 0 Å². The zero-order valence-corrected chi connectivity index (χ0v) is 11.7. The van der Waals surface area contributed by atoms with E-state index in [0.29, 0.717) is 22.7 Å². The van der Waals surface area contributed by atoms with Crippen LogP contribution in [0.3, 0.4) is 0 Å². The molecule has 0 aliphatic rings. The molecule has 0 saturated heterocycles. The fourth-order valence-corrected chi connectivity index (χ4v) is 1.83. The van der Waals surface area contributed by atoms with E-state index in [1.165, 1.54) is 0 Å². The summed E-state index contributed by atoms with van der Waals surface area (Å²) in [6, 6.07) is 7.04. The fraction of sp³-hybridized carbons (Fsp3) is 0.385. The van der Waals surface area contributed by atoms with Gasteiger partial charge in [-0.1, -0.05) is 18.3 Å². The van der Waals surface area contributed by atoms with Gasteiger partial charge in [0.1, 0.15) is 5.75 Å². The molecule has 1 aromatic carbocycles. The predicted octanol–water partition coefficient (Wildman–Crippen LogP) is 1.83. The van der Waals surface area contributed by atoms with E-state index >= 15 is 0 Å². The number of benzene rings is 1. The third kappa shape index (κ3) is 3.70. The topological polar surface area (TPSA) is 55.6 Å². The Morgan fingerprint density at radius 1 is 1.56 bits per heavy atom. The highest BCUT2D eigenvalue weighted by molar-refractivity contribution is 7.80. The van der Waals surface area contributed by atoms with Crippen LogP contribution in [0.4, 0.5) is 0 Å². The molecule has 0 aliphatic heterocycles. The summed E-state index contributed by atoms with van der Waals surface area (Å²) in [5, 5.41) is 0. The lowest BCUT2D eigenvalue weighted by atomic mass is 10.1. The Kier molecular flexibility index (Phi) is 5.09. The molecule has 0 radical (unpaired) electrons. The van der Waals surface area contributed by atoms with Gasteiger partial charge in [0.2, 0.25) is 0 Å². The van der Waals surface area contributed by atoms with E-state index in [2.05, 4.69) is 0 Å². The molecule has 1 amide bonds. The van der Waals surface area contributed by atoms with Gasteiger partial charge in [0.15, 0.2) is 0 Å². The van der Waals surface area contributed by atoms with Gasteiger partial charge in [0, 0.05) is 25.1 Å². The van der Waals surface area contributed by atoms with Crippen molar-refractivity contribution in [3.8, 4) is 5.75 Å². The Bertz CT molecular complexity index is 448. The van der Waals surface area contributed by atoms with E-state index in [0.717, 1.165) is 0 Å². The maximum absolute atomic E-state index is 12.2. The van der Waals surface area contributed by atoms with Crippen LogP contribution in [0.2, 0.25) is 0 Å².